The van der Waals surface area contributed by atoms with Gasteiger partial charge in [0.2, 0.25) is 0 Å². The zero-order valence-corrected chi connectivity index (χ0v) is 9.65. The van der Waals surface area contributed by atoms with Crippen LogP contribution in [0, 0.1) is 5.92 Å². The Bertz CT molecular complexity index is 146. The molecule has 1 aliphatic heterocycles. The number of rotatable bonds is 7. The Morgan fingerprint density at radius 3 is 2.93 bits per heavy atom. The summed E-state index contributed by atoms with van der Waals surface area (Å²) in [6.45, 7) is 7.89. The molecule has 0 saturated carbocycles. The van der Waals surface area contributed by atoms with Gasteiger partial charge in [-0.05, 0) is 25.3 Å². The first kappa shape index (κ1) is 12.1. The van der Waals surface area contributed by atoms with Crippen molar-refractivity contribution < 1.29 is 4.74 Å². The Balaban J connectivity index is 1.85. The van der Waals surface area contributed by atoms with Gasteiger partial charge >= 0.3 is 0 Å². The minimum atomic E-state index is 0.841. The van der Waals surface area contributed by atoms with Gasteiger partial charge in [0.25, 0.3) is 0 Å². The normalized spacial score (nSPS) is 18.3. The van der Waals surface area contributed by atoms with E-state index >= 15 is 0 Å². The van der Waals surface area contributed by atoms with Crippen LogP contribution in [0.15, 0.2) is 12.7 Å². The Hall–Kier alpha value is 0.01000. The molecular formula is C11H21NOS. The first-order valence-corrected chi connectivity index (χ1v) is 6.56. The molecule has 1 aliphatic rings. The largest absolute Gasteiger partial charge is 0.381 e. The predicted molar refractivity (Wildman–Crippen MR) is 63.9 cm³/mol. The molecule has 0 spiro atoms. The van der Waals surface area contributed by atoms with E-state index in [4.69, 9.17) is 4.74 Å². The predicted octanol–water partition coefficient (Wildman–Crippen LogP) is 1.92. The van der Waals surface area contributed by atoms with E-state index in [1.807, 2.05) is 17.8 Å². The summed E-state index contributed by atoms with van der Waals surface area (Å²) in [5.74, 6) is 3.10. The zero-order valence-electron chi connectivity index (χ0n) is 8.84. The lowest BCUT2D eigenvalue weighted by atomic mass is 10.0. The van der Waals surface area contributed by atoms with Crippen LogP contribution < -0.4 is 5.32 Å². The molecule has 14 heavy (non-hydrogen) atoms. The highest BCUT2D eigenvalue weighted by Gasteiger charge is 2.12. The van der Waals surface area contributed by atoms with Gasteiger partial charge in [0.1, 0.15) is 0 Å². The SMILES string of the molecule is C=CCSCCNCC1CCOCC1. The maximum Gasteiger partial charge on any atom is 0.0469 e. The van der Waals surface area contributed by atoms with E-state index in [1.54, 1.807) is 0 Å². The number of hydrogen-bond acceptors (Lipinski definition) is 3. The molecule has 0 aliphatic carbocycles. The highest BCUT2D eigenvalue weighted by Crippen LogP contribution is 2.12. The molecular weight excluding hydrogens is 194 g/mol. The summed E-state index contributed by atoms with van der Waals surface area (Å²) in [4.78, 5) is 0. The monoisotopic (exact) mass is 215 g/mol. The van der Waals surface area contributed by atoms with Gasteiger partial charge in [-0.25, -0.2) is 0 Å². The van der Waals surface area contributed by atoms with Crippen LogP contribution in [0.3, 0.4) is 0 Å². The molecule has 2 nitrogen and oxygen atoms in total. The van der Waals surface area contributed by atoms with Gasteiger partial charge in [-0.1, -0.05) is 6.08 Å². The molecule has 0 aromatic rings. The molecule has 1 saturated heterocycles. The van der Waals surface area contributed by atoms with Crippen LogP contribution in [0.2, 0.25) is 0 Å². The number of ether oxygens (including phenoxy) is 1. The number of hydrogen-bond donors (Lipinski definition) is 1. The average molecular weight is 215 g/mol. The van der Waals surface area contributed by atoms with E-state index in [1.165, 1.54) is 18.6 Å². The van der Waals surface area contributed by atoms with E-state index in [0.717, 1.165) is 38.0 Å². The van der Waals surface area contributed by atoms with Crippen molar-refractivity contribution in [1.82, 2.24) is 5.32 Å². The van der Waals surface area contributed by atoms with Crippen molar-refractivity contribution in [2.45, 2.75) is 12.8 Å². The highest BCUT2D eigenvalue weighted by atomic mass is 32.2. The quantitative estimate of drug-likeness (QED) is 0.518. The molecule has 82 valence electrons. The number of thioether (sulfide) groups is 1. The van der Waals surface area contributed by atoms with Crippen LogP contribution >= 0.6 is 11.8 Å². The fourth-order valence-corrected chi connectivity index (χ4v) is 2.19. The van der Waals surface area contributed by atoms with E-state index in [9.17, 15) is 0 Å². The standard InChI is InChI=1S/C11H21NOS/c1-2-8-14-9-5-12-10-11-3-6-13-7-4-11/h2,11-12H,1,3-10H2. The molecule has 1 heterocycles. The van der Waals surface area contributed by atoms with E-state index in [0.29, 0.717) is 0 Å². The molecule has 1 fully saturated rings. The first-order valence-electron chi connectivity index (χ1n) is 5.40. The third-order valence-corrected chi connectivity index (χ3v) is 3.40. The Morgan fingerprint density at radius 1 is 1.43 bits per heavy atom. The minimum absolute atomic E-state index is 0.841. The van der Waals surface area contributed by atoms with E-state index < -0.39 is 0 Å². The van der Waals surface area contributed by atoms with Crippen LogP contribution in [-0.2, 0) is 4.74 Å². The van der Waals surface area contributed by atoms with Crippen LogP contribution in [0.5, 0.6) is 0 Å². The molecule has 0 unspecified atom stereocenters. The van der Waals surface area contributed by atoms with Gasteiger partial charge in [0, 0.05) is 31.3 Å². The molecule has 1 N–H and O–H groups in total. The van der Waals surface area contributed by atoms with Gasteiger partial charge in [0.05, 0.1) is 0 Å². The Labute approximate surface area is 91.5 Å². The van der Waals surface area contributed by atoms with Crippen molar-refractivity contribution in [3.63, 3.8) is 0 Å². The molecule has 0 amide bonds. The molecule has 0 radical (unpaired) electrons. The molecule has 0 aromatic carbocycles. The van der Waals surface area contributed by atoms with Crippen molar-refractivity contribution in [2.24, 2.45) is 5.92 Å². The van der Waals surface area contributed by atoms with Gasteiger partial charge in [-0.3, -0.25) is 0 Å². The minimum Gasteiger partial charge on any atom is -0.381 e. The fourth-order valence-electron chi connectivity index (χ4n) is 1.57. The summed E-state index contributed by atoms with van der Waals surface area (Å²) in [7, 11) is 0. The third kappa shape index (κ3) is 5.68. The van der Waals surface area contributed by atoms with Crippen molar-refractivity contribution in [3.8, 4) is 0 Å². The summed E-state index contributed by atoms with van der Waals surface area (Å²) in [6.07, 6.45) is 4.42. The Kier molecular flexibility index (Phi) is 7.19. The maximum absolute atomic E-state index is 5.32. The second-order valence-corrected chi connectivity index (χ2v) is 4.77. The van der Waals surface area contributed by atoms with Gasteiger partial charge in [-0.15, -0.1) is 6.58 Å². The summed E-state index contributed by atoms with van der Waals surface area (Å²) < 4.78 is 5.32. The van der Waals surface area contributed by atoms with Gasteiger partial charge in [-0.2, -0.15) is 11.8 Å². The van der Waals surface area contributed by atoms with Crippen molar-refractivity contribution in [1.29, 1.82) is 0 Å². The van der Waals surface area contributed by atoms with E-state index in [-0.39, 0.29) is 0 Å². The number of nitrogens with one attached hydrogen (secondary N) is 1. The summed E-state index contributed by atoms with van der Waals surface area (Å²) in [5.41, 5.74) is 0. The third-order valence-electron chi connectivity index (χ3n) is 2.43. The molecule has 3 heteroatoms. The molecule has 0 aromatic heterocycles. The lowest BCUT2D eigenvalue weighted by molar-refractivity contribution is 0.0665. The van der Waals surface area contributed by atoms with Gasteiger partial charge in [0.15, 0.2) is 0 Å². The lowest BCUT2D eigenvalue weighted by Crippen LogP contribution is -2.29. The fraction of sp³-hybridized carbons (Fsp3) is 0.818. The van der Waals surface area contributed by atoms with Crippen LogP contribution in [0.1, 0.15) is 12.8 Å². The Morgan fingerprint density at radius 2 is 2.21 bits per heavy atom. The summed E-state index contributed by atoms with van der Waals surface area (Å²) in [5, 5.41) is 3.50. The van der Waals surface area contributed by atoms with Crippen LogP contribution in [0.25, 0.3) is 0 Å². The highest BCUT2D eigenvalue weighted by molar-refractivity contribution is 7.99. The van der Waals surface area contributed by atoms with E-state index in [2.05, 4.69) is 11.9 Å². The first-order chi connectivity index (χ1) is 6.93. The average Bonchev–Trinajstić information content (AvgIpc) is 2.25. The van der Waals surface area contributed by atoms with Crippen molar-refractivity contribution >= 4 is 11.8 Å². The molecule has 1 rings (SSSR count). The lowest BCUT2D eigenvalue weighted by Gasteiger charge is -2.22. The summed E-state index contributed by atoms with van der Waals surface area (Å²) in [6, 6.07) is 0. The molecule has 0 bridgehead atoms. The second-order valence-electron chi connectivity index (χ2n) is 3.62. The van der Waals surface area contributed by atoms with Crippen molar-refractivity contribution in [2.75, 3.05) is 37.8 Å². The van der Waals surface area contributed by atoms with Crippen molar-refractivity contribution in [3.05, 3.63) is 12.7 Å². The second kappa shape index (κ2) is 8.33. The van der Waals surface area contributed by atoms with Gasteiger partial charge < -0.3 is 10.1 Å². The topological polar surface area (TPSA) is 21.3 Å². The van der Waals surface area contributed by atoms with Crippen LogP contribution in [-0.4, -0.2) is 37.8 Å². The van der Waals surface area contributed by atoms with Crippen LogP contribution in [0.4, 0.5) is 0 Å². The maximum atomic E-state index is 5.32. The zero-order chi connectivity index (χ0) is 10.1. The summed E-state index contributed by atoms with van der Waals surface area (Å²) >= 11 is 1.93. The molecule has 0 atom stereocenters. The smallest absolute Gasteiger partial charge is 0.0469 e.